The molecule has 0 aromatic heterocycles. The number of halogens is 1. The van der Waals surface area contributed by atoms with Crippen LogP contribution in [0.3, 0.4) is 0 Å². The van der Waals surface area contributed by atoms with Gasteiger partial charge in [-0.15, -0.1) is 0 Å². The van der Waals surface area contributed by atoms with Gasteiger partial charge in [-0.2, -0.15) is 5.26 Å². The lowest BCUT2D eigenvalue weighted by molar-refractivity contribution is -0.135. The Morgan fingerprint density at radius 2 is 2.04 bits per heavy atom. The highest BCUT2D eigenvalue weighted by molar-refractivity contribution is 6.09. The number of urea groups is 1. The van der Waals surface area contributed by atoms with Crippen LogP contribution >= 0.6 is 0 Å². The first-order valence-electron chi connectivity index (χ1n) is 8.16. The number of carbonyl (C=O) groups excluding carboxylic acids is 3. The van der Waals surface area contributed by atoms with E-state index in [1.165, 1.54) is 25.1 Å². The van der Waals surface area contributed by atoms with Gasteiger partial charge in [-0.3, -0.25) is 14.5 Å². The van der Waals surface area contributed by atoms with Crippen LogP contribution in [0.4, 0.5) is 9.18 Å². The van der Waals surface area contributed by atoms with E-state index in [-0.39, 0.29) is 11.5 Å². The SMILES string of the molecule is CC(C)C(C)(C#N)NC(=O)CN1C(=O)NC(C)(c2ccccc2F)C1=O. The van der Waals surface area contributed by atoms with Crippen LogP contribution in [-0.2, 0) is 15.1 Å². The van der Waals surface area contributed by atoms with Crippen molar-refractivity contribution in [2.24, 2.45) is 5.92 Å². The Morgan fingerprint density at radius 1 is 1.42 bits per heavy atom. The summed E-state index contributed by atoms with van der Waals surface area (Å²) in [6.07, 6.45) is 0. The average Bonchev–Trinajstić information content (AvgIpc) is 2.79. The number of rotatable bonds is 5. The number of nitrogens with zero attached hydrogens (tertiary/aromatic N) is 2. The van der Waals surface area contributed by atoms with E-state index in [1.807, 2.05) is 6.07 Å². The maximum absolute atomic E-state index is 14.1. The normalized spacial score (nSPS) is 22.0. The zero-order valence-electron chi connectivity index (χ0n) is 15.1. The number of nitrogens with one attached hydrogen (secondary N) is 2. The van der Waals surface area contributed by atoms with E-state index >= 15 is 0 Å². The number of nitriles is 1. The van der Waals surface area contributed by atoms with Crippen LogP contribution in [0, 0.1) is 23.1 Å². The van der Waals surface area contributed by atoms with Crippen LogP contribution in [0.2, 0.25) is 0 Å². The van der Waals surface area contributed by atoms with Gasteiger partial charge in [0.25, 0.3) is 5.91 Å². The quantitative estimate of drug-likeness (QED) is 0.779. The smallest absolute Gasteiger partial charge is 0.325 e. The van der Waals surface area contributed by atoms with Gasteiger partial charge >= 0.3 is 6.03 Å². The van der Waals surface area contributed by atoms with Crippen molar-refractivity contribution in [1.82, 2.24) is 15.5 Å². The van der Waals surface area contributed by atoms with Crippen molar-refractivity contribution in [2.75, 3.05) is 6.54 Å². The van der Waals surface area contributed by atoms with Gasteiger partial charge in [-0.1, -0.05) is 32.0 Å². The van der Waals surface area contributed by atoms with Crippen LogP contribution in [0.25, 0.3) is 0 Å². The Labute approximate surface area is 151 Å². The van der Waals surface area contributed by atoms with E-state index < -0.39 is 41.3 Å². The molecule has 0 spiro atoms. The summed E-state index contributed by atoms with van der Waals surface area (Å²) in [5, 5.41) is 14.3. The Balaban J connectivity index is 2.21. The minimum absolute atomic E-state index is 0.0188. The lowest BCUT2D eigenvalue weighted by atomic mass is 9.90. The van der Waals surface area contributed by atoms with Gasteiger partial charge in [-0.05, 0) is 25.8 Å². The van der Waals surface area contributed by atoms with Gasteiger partial charge in [0.2, 0.25) is 5.91 Å². The number of carbonyl (C=O) groups is 3. The maximum Gasteiger partial charge on any atom is 0.325 e. The highest BCUT2D eigenvalue weighted by Gasteiger charge is 2.50. The maximum atomic E-state index is 14.1. The molecular formula is C18H21FN4O3. The molecule has 4 amide bonds. The Kier molecular flexibility index (Phi) is 5.03. The summed E-state index contributed by atoms with van der Waals surface area (Å²) in [5.41, 5.74) is -2.71. The molecule has 1 aromatic carbocycles. The monoisotopic (exact) mass is 360 g/mol. The van der Waals surface area contributed by atoms with Gasteiger partial charge in [0.05, 0.1) is 6.07 Å². The summed E-state index contributed by atoms with van der Waals surface area (Å²) in [7, 11) is 0. The summed E-state index contributed by atoms with van der Waals surface area (Å²) in [4.78, 5) is 37.9. The fourth-order valence-electron chi connectivity index (χ4n) is 2.66. The topological polar surface area (TPSA) is 102 Å². The second kappa shape index (κ2) is 6.75. The van der Waals surface area contributed by atoms with Gasteiger partial charge in [0.15, 0.2) is 0 Å². The lowest BCUT2D eigenvalue weighted by Crippen LogP contribution is -2.52. The molecule has 0 aliphatic carbocycles. The van der Waals surface area contributed by atoms with Crippen LogP contribution in [-0.4, -0.2) is 34.8 Å². The molecule has 1 heterocycles. The second-order valence-electron chi connectivity index (χ2n) is 6.94. The molecule has 0 saturated carbocycles. The number of hydrogen-bond donors (Lipinski definition) is 2. The lowest BCUT2D eigenvalue weighted by Gasteiger charge is -2.28. The van der Waals surface area contributed by atoms with Crippen LogP contribution in [0.5, 0.6) is 0 Å². The van der Waals surface area contributed by atoms with E-state index in [2.05, 4.69) is 10.6 Å². The summed E-state index contributed by atoms with van der Waals surface area (Å²) < 4.78 is 14.1. The zero-order valence-corrected chi connectivity index (χ0v) is 15.1. The van der Waals surface area contributed by atoms with E-state index in [1.54, 1.807) is 26.8 Å². The van der Waals surface area contributed by atoms with Crippen molar-refractivity contribution in [2.45, 2.75) is 38.8 Å². The first-order valence-corrected chi connectivity index (χ1v) is 8.16. The molecule has 1 aliphatic rings. The molecule has 26 heavy (non-hydrogen) atoms. The standard InChI is InChI=1S/C18H21FN4O3/c1-11(2)17(3,10-20)21-14(24)9-23-15(25)18(4,22-16(23)26)12-7-5-6-8-13(12)19/h5-8,11H,9H2,1-4H3,(H,21,24)(H,22,26). The van der Waals surface area contributed by atoms with Crippen molar-refractivity contribution in [3.63, 3.8) is 0 Å². The molecule has 2 atom stereocenters. The third-order valence-corrected chi connectivity index (χ3v) is 4.78. The second-order valence-corrected chi connectivity index (χ2v) is 6.94. The summed E-state index contributed by atoms with van der Waals surface area (Å²) >= 11 is 0. The van der Waals surface area contributed by atoms with Crippen molar-refractivity contribution in [3.8, 4) is 6.07 Å². The largest absolute Gasteiger partial charge is 0.336 e. The van der Waals surface area contributed by atoms with Gasteiger partial charge in [0.1, 0.15) is 23.4 Å². The third kappa shape index (κ3) is 3.25. The molecule has 0 radical (unpaired) electrons. The summed E-state index contributed by atoms with van der Waals surface area (Å²) in [6, 6.07) is 6.85. The van der Waals surface area contributed by atoms with Crippen molar-refractivity contribution in [3.05, 3.63) is 35.6 Å². The van der Waals surface area contributed by atoms with Crippen molar-refractivity contribution in [1.29, 1.82) is 5.26 Å². The van der Waals surface area contributed by atoms with E-state index in [9.17, 15) is 24.0 Å². The molecular weight excluding hydrogens is 339 g/mol. The molecule has 1 aromatic rings. The summed E-state index contributed by atoms with van der Waals surface area (Å²) in [5.74, 6) is -2.19. The van der Waals surface area contributed by atoms with Crippen molar-refractivity contribution >= 4 is 17.8 Å². The minimum atomic E-state index is -1.60. The molecule has 138 valence electrons. The number of imide groups is 1. The van der Waals surface area contributed by atoms with Crippen molar-refractivity contribution < 1.29 is 18.8 Å². The molecule has 0 bridgehead atoms. The summed E-state index contributed by atoms with van der Waals surface area (Å²) in [6.45, 7) is 5.93. The molecule has 8 heteroatoms. The fourth-order valence-corrected chi connectivity index (χ4v) is 2.66. The molecule has 2 unspecified atom stereocenters. The Hall–Kier alpha value is -2.95. The first-order chi connectivity index (χ1) is 12.0. The third-order valence-electron chi connectivity index (χ3n) is 4.78. The molecule has 1 aliphatic heterocycles. The van der Waals surface area contributed by atoms with Crippen LogP contribution in [0.1, 0.15) is 33.3 Å². The predicted molar refractivity (Wildman–Crippen MR) is 91.0 cm³/mol. The molecule has 2 N–H and O–H groups in total. The number of amides is 4. The van der Waals surface area contributed by atoms with Gasteiger partial charge in [-0.25, -0.2) is 9.18 Å². The molecule has 7 nitrogen and oxygen atoms in total. The Morgan fingerprint density at radius 3 is 2.58 bits per heavy atom. The van der Waals surface area contributed by atoms with Gasteiger partial charge < -0.3 is 10.6 Å². The van der Waals surface area contributed by atoms with E-state index in [0.29, 0.717) is 0 Å². The molecule has 1 saturated heterocycles. The first kappa shape index (κ1) is 19.4. The van der Waals surface area contributed by atoms with Crippen LogP contribution in [0.15, 0.2) is 24.3 Å². The minimum Gasteiger partial charge on any atom is -0.336 e. The van der Waals surface area contributed by atoms with Crippen LogP contribution < -0.4 is 10.6 Å². The molecule has 1 fully saturated rings. The predicted octanol–water partition coefficient (Wildman–Crippen LogP) is 1.65. The Bertz CT molecular complexity index is 804. The number of hydrogen-bond acceptors (Lipinski definition) is 4. The zero-order chi connectivity index (χ0) is 19.7. The number of benzene rings is 1. The van der Waals surface area contributed by atoms with E-state index in [0.717, 1.165) is 4.90 Å². The fraction of sp³-hybridized carbons (Fsp3) is 0.444. The highest BCUT2D eigenvalue weighted by Crippen LogP contribution is 2.30. The average molecular weight is 360 g/mol. The van der Waals surface area contributed by atoms with E-state index in [4.69, 9.17) is 0 Å². The van der Waals surface area contributed by atoms with Gasteiger partial charge in [0, 0.05) is 5.56 Å². The highest BCUT2D eigenvalue weighted by atomic mass is 19.1. The molecule has 2 rings (SSSR count).